The molecule has 0 radical (unpaired) electrons. The first-order chi connectivity index (χ1) is 13.2. The van der Waals surface area contributed by atoms with Crippen molar-refractivity contribution in [3.63, 3.8) is 0 Å². The number of ether oxygens (including phenoxy) is 1. The second-order valence-electron chi connectivity index (χ2n) is 7.40. The Kier molecular flexibility index (Phi) is 5.72. The summed E-state index contributed by atoms with van der Waals surface area (Å²) >= 11 is 7.38. The third-order valence-corrected chi connectivity index (χ3v) is 5.63. The van der Waals surface area contributed by atoms with E-state index in [1.807, 2.05) is 12.1 Å². The van der Waals surface area contributed by atoms with E-state index in [-0.39, 0.29) is 17.9 Å². The van der Waals surface area contributed by atoms with Crippen molar-refractivity contribution >= 4 is 45.0 Å². The van der Waals surface area contributed by atoms with Gasteiger partial charge in [-0.1, -0.05) is 55.8 Å². The highest BCUT2D eigenvalue weighted by Gasteiger charge is 2.15. The summed E-state index contributed by atoms with van der Waals surface area (Å²) in [6.07, 6.45) is 0. The zero-order valence-corrected chi connectivity index (χ0v) is 17.7. The molecule has 146 valence electrons. The number of nitrogens with zero attached hydrogens (tertiary/aromatic N) is 2. The maximum atomic E-state index is 12.7. The summed E-state index contributed by atoms with van der Waals surface area (Å²) in [6.45, 7) is 6.32. The van der Waals surface area contributed by atoms with Crippen molar-refractivity contribution in [2.75, 3.05) is 7.11 Å². The lowest BCUT2D eigenvalue weighted by atomic mass is 9.87. The Bertz CT molecular complexity index is 1110. The molecule has 0 aliphatic heterocycles. The number of carbonyl (C=O) groups excluding carboxylic acids is 2. The molecule has 1 heterocycles. The van der Waals surface area contributed by atoms with Crippen LogP contribution in [0.4, 0.5) is 0 Å². The van der Waals surface area contributed by atoms with Crippen LogP contribution in [-0.2, 0) is 21.5 Å². The zero-order chi connectivity index (χ0) is 20.5. The number of aromatic nitrogens is 1. The van der Waals surface area contributed by atoms with E-state index < -0.39 is 5.97 Å². The summed E-state index contributed by atoms with van der Waals surface area (Å²) in [5.74, 6) is -0.783. The lowest BCUT2D eigenvalue weighted by Gasteiger charge is -2.18. The van der Waals surface area contributed by atoms with E-state index in [4.69, 9.17) is 16.3 Å². The van der Waals surface area contributed by atoms with E-state index >= 15 is 0 Å². The predicted molar refractivity (Wildman–Crippen MR) is 112 cm³/mol. The topological polar surface area (TPSA) is 60.7 Å². The van der Waals surface area contributed by atoms with Crippen molar-refractivity contribution in [2.45, 2.75) is 32.7 Å². The molecule has 3 rings (SSSR count). The van der Waals surface area contributed by atoms with Crippen molar-refractivity contribution in [1.82, 2.24) is 4.57 Å². The number of fused-ring (bicyclic) bond motifs is 1. The van der Waals surface area contributed by atoms with Crippen molar-refractivity contribution in [1.29, 1.82) is 0 Å². The lowest BCUT2D eigenvalue weighted by molar-refractivity contribution is -0.141. The summed E-state index contributed by atoms with van der Waals surface area (Å²) in [5.41, 5.74) is 2.41. The first-order valence-electron chi connectivity index (χ1n) is 8.74. The first kappa shape index (κ1) is 20.3. The largest absolute Gasteiger partial charge is 0.468 e. The molecule has 0 spiro atoms. The zero-order valence-electron chi connectivity index (χ0n) is 16.2. The van der Waals surface area contributed by atoms with Crippen LogP contribution < -0.4 is 4.80 Å². The fourth-order valence-electron chi connectivity index (χ4n) is 2.74. The van der Waals surface area contributed by atoms with Gasteiger partial charge in [-0.25, -0.2) is 0 Å². The van der Waals surface area contributed by atoms with Crippen molar-refractivity contribution in [3.8, 4) is 0 Å². The highest BCUT2D eigenvalue weighted by molar-refractivity contribution is 7.16. The Balaban J connectivity index is 2.06. The maximum Gasteiger partial charge on any atom is 0.325 e. The molecule has 0 N–H and O–H groups in total. The fourth-order valence-corrected chi connectivity index (χ4v) is 4.05. The summed E-state index contributed by atoms with van der Waals surface area (Å²) < 4.78 is 7.29. The van der Waals surface area contributed by atoms with E-state index in [9.17, 15) is 9.59 Å². The third kappa shape index (κ3) is 4.34. The number of hydrogen-bond donors (Lipinski definition) is 0. The highest BCUT2D eigenvalue weighted by atomic mass is 35.5. The molecular formula is C21H21ClN2O3S. The predicted octanol–water partition coefficient (Wildman–Crippen LogP) is 4.57. The van der Waals surface area contributed by atoms with Gasteiger partial charge in [-0.05, 0) is 41.3 Å². The summed E-state index contributed by atoms with van der Waals surface area (Å²) in [6, 6.07) is 12.8. The minimum Gasteiger partial charge on any atom is -0.468 e. The molecule has 0 saturated carbocycles. The monoisotopic (exact) mass is 416 g/mol. The van der Waals surface area contributed by atoms with Gasteiger partial charge in [-0.3, -0.25) is 9.59 Å². The van der Waals surface area contributed by atoms with Crippen LogP contribution in [0.15, 0.2) is 47.5 Å². The van der Waals surface area contributed by atoms with Gasteiger partial charge in [-0.2, -0.15) is 4.99 Å². The van der Waals surface area contributed by atoms with E-state index in [1.54, 1.807) is 34.9 Å². The van der Waals surface area contributed by atoms with Crippen LogP contribution in [0.3, 0.4) is 0 Å². The maximum absolute atomic E-state index is 12.7. The number of carbonyl (C=O) groups is 2. The first-order valence-corrected chi connectivity index (χ1v) is 9.94. The standard InChI is InChI=1S/C21H21ClN2O3S/c1-21(2,3)14-7-5-13(6-8-14)19(26)23-20-24(12-18(25)27-4)16-10-9-15(22)11-17(16)28-20/h5-11H,12H2,1-4H3. The van der Waals surface area contributed by atoms with E-state index in [1.165, 1.54) is 18.4 Å². The average Bonchev–Trinajstić information content (AvgIpc) is 2.97. The SMILES string of the molecule is COC(=O)Cn1c(=NC(=O)c2ccc(C(C)(C)C)cc2)sc2cc(Cl)ccc21. The van der Waals surface area contributed by atoms with Gasteiger partial charge in [0.1, 0.15) is 6.54 Å². The molecule has 2 aromatic carbocycles. The Morgan fingerprint density at radius 2 is 1.82 bits per heavy atom. The molecule has 0 unspecified atom stereocenters. The smallest absolute Gasteiger partial charge is 0.325 e. The summed E-state index contributed by atoms with van der Waals surface area (Å²) in [5, 5.41) is 0.578. The molecule has 0 aliphatic rings. The van der Waals surface area contributed by atoms with E-state index in [0.29, 0.717) is 15.4 Å². The van der Waals surface area contributed by atoms with Crippen LogP contribution in [0.5, 0.6) is 0 Å². The van der Waals surface area contributed by atoms with Crippen LogP contribution in [-0.4, -0.2) is 23.6 Å². The molecule has 7 heteroatoms. The molecular weight excluding hydrogens is 396 g/mol. The van der Waals surface area contributed by atoms with Crippen LogP contribution >= 0.6 is 22.9 Å². The van der Waals surface area contributed by atoms with Gasteiger partial charge in [-0.15, -0.1) is 0 Å². The number of hydrogen-bond acceptors (Lipinski definition) is 4. The van der Waals surface area contributed by atoms with Crippen LogP contribution in [0.25, 0.3) is 10.2 Å². The van der Waals surface area contributed by atoms with Gasteiger partial charge < -0.3 is 9.30 Å². The molecule has 5 nitrogen and oxygen atoms in total. The Morgan fingerprint density at radius 1 is 1.14 bits per heavy atom. The molecule has 28 heavy (non-hydrogen) atoms. The van der Waals surface area contributed by atoms with Crippen LogP contribution in [0.2, 0.25) is 5.02 Å². The molecule has 0 atom stereocenters. The van der Waals surface area contributed by atoms with E-state index in [0.717, 1.165) is 15.8 Å². The number of thiazole rings is 1. The second-order valence-corrected chi connectivity index (χ2v) is 8.85. The quantitative estimate of drug-likeness (QED) is 0.587. The Hall–Kier alpha value is -2.44. The Morgan fingerprint density at radius 3 is 2.43 bits per heavy atom. The fraction of sp³-hybridized carbons (Fsp3) is 0.286. The third-order valence-electron chi connectivity index (χ3n) is 4.35. The summed E-state index contributed by atoms with van der Waals surface area (Å²) in [7, 11) is 1.33. The number of rotatable bonds is 3. The minimum absolute atomic E-state index is 0.00694. The molecule has 1 amide bonds. The number of amides is 1. The molecule has 0 aliphatic carbocycles. The number of benzene rings is 2. The molecule has 1 aromatic heterocycles. The molecule has 0 bridgehead atoms. The van der Waals surface area contributed by atoms with Gasteiger partial charge in [0.2, 0.25) is 0 Å². The van der Waals surface area contributed by atoms with Gasteiger partial charge in [0, 0.05) is 10.6 Å². The number of methoxy groups -OCH3 is 1. The normalized spacial score (nSPS) is 12.4. The summed E-state index contributed by atoms with van der Waals surface area (Å²) in [4.78, 5) is 29.2. The van der Waals surface area contributed by atoms with Crippen molar-refractivity contribution in [2.24, 2.45) is 4.99 Å². The van der Waals surface area contributed by atoms with Crippen LogP contribution in [0.1, 0.15) is 36.7 Å². The van der Waals surface area contributed by atoms with Crippen molar-refractivity contribution < 1.29 is 14.3 Å². The van der Waals surface area contributed by atoms with Gasteiger partial charge in [0.05, 0.1) is 17.3 Å². The van der Waals surface area contributed by atoms with E-state index in [2.05, 4.69) is 25.8 Å². The molecule has 0 saturated heterocycles. The van der Waals surface area contributed by atoms with Crippen molar-refractivity contribution in [3.05, 3.63) is 63.4 Å². The minimum atomic E-state index is -0.418. The second kappa shape index (κ2) is 7.89. The molecule has 0 fully saturated rings. The highest BCUT2D eigenvalue weighted by Crippen LogP contribution is 2.23. The van der Waals surface area contributed by atoms with Crippen LogP contribution in [0, 0.1) is 0 Å². The number of halogens is 1. The lowest BCUT2D eigenvalue weighted by Crippen LogP contribution is -2.22. The average molecular weight is 417 g/mol. The number of esters is 1. The molecule has 3 aromatic rings. The Labute approximate surface area is 172 Å². The van der Waals surface area contributed by atoms with Gasteiger partial charge >= 0.3 is 5.97 Å². The van der Waals surface area contributed by atoms with Gasteiger partial charge in [0.25, 0.3) is 5.91 Å². The van der Waals surface area contributed by atoms with Gasteiger partial charge in [0.15, 0.2) is 4.80 Å².